The summed E-state index contributed by atoms with van der Waals surface area (Å²) in [6, 6.07) is 15.9. The molecule has 0 saturated heterocycles. The van der Waals surface area contributed by atoms with Crippen LogP contribution in [0, 0.1) is 31.9 Å². The average molecular weight is 798 g/mol. The van der Waals surface area contributed by atoms with E-state index in [1.54, 1.807) is 12.1 Å². The van der Waals surface area contributed by atoms with E-state index in [1.807, 2.05) is 0 Å². The van der Waals surface area contributed by atoms with Crippen molar-refractivity contribution in [2.24, 2.45) is 0 Å². The lowest BCUT2D eigenvalue weighted by Crippen LogP contribution is -2.12. The molecular formula is C34H20Br2F2N2O9. The maximum Gasteiger partial charge on any atom is 0.340 e. The largest absolute Gasteiger partial charge is 0.451 e. The third-order valence-electron chi connectivity index (χ3n) is 7.84. The lowest BCUT2D eigenvalue weighted by Gasteiger charge is -2.14. The standard InChI is InChI=1S/C34H20Br2F2N2O9/c35-15-25-21-11-27(37)31(13-29(21)48-33(41)23(25)9-17-3-1-5-19(7-17)39(43)44)47-32-14-30-22(12-28(32)38)26(16-36)24(34(42)49-30)10-18-4-2-6-20(8-18)40(45)46/h1-8,11-14H,9-10,15-16H2. The number of benzene rings is 4. The van der Waals surface area contributed by atoms with Crippen LogP contribution in [-0.2, 0) is 23.5 Å². The highest BCUT2D eigenvalue weighted by molar-refractivity contribution is 9.08. The molecule has 4 aromatic carbocycles. The molecule has 0 bridgehead atoms. The molecule has 0 unspecified atom stereocenters. The number of halogens is 4. The molecule has 0 radical (unpaired) electrons. The Balaban J connectivity index is 1.36. The molecule has 248 valence electrons. The first-order valence-electron chi connectivity index (χ1n) is 14.3. The topological polar surface area (TPSA) is 156 Å². The molecule has 0 aliphatic rings. The second-order valence-corrected chi connectivity index (χ2v) is 11.9. The summed E-state index contributed by atoms with van der Waals surface area (Å²) in [6.45, 7) is 0. The highest BCUT2D eigenvalue weighted by Crippen LogP contribution is 2.36. The predicted molar refractivity (Wildman–Crippen MR) is 182 cm³/mol. The molecule has 15 heteroatoms. The van der Waals surface area contributed by atoms with Crippen LogP contribution in [0.1, 0.15) is 33.4 Å². The molecule has 2 heterocycles. The van der Waals surface area contributed by atoms with Gasteiger partial charge >= 0.3 is 11.3 Å². The molecule has 0 amide bonds. The van der Waals surface area contributed by atoms with E-state index in [0.717, 1.165) is 24.3 Å². The molecule has 0 aliphatic heterocycles. The van der Waals surface area contributed by atoms with Gasteiger partial charge in [0.2, 0.25) is 0 Å². The Morgan fingerprint density at radius 3 is 1.41 bits per heavy atom. The van der Waals surface area contributed by atoms with Crippen molar-refractivity contribution in [1.29, 1.82) is 0 Å². The maximum atomic E-state index is 15.5. The van der Waals surface area contributed by atoms with Crippen LogP contribution in [0.15, 0.2) is 91.2 Å². The van der Waals surface area contributed by atoms with E-state index in [9.17, 15) is 29.8 Å². The second-order valence-electron chi connectivity index (χ2n) is 10.8. The van der Waals surface area contributed by atoms with Gasteiger partial charge in [0.25, 0.3) is 11.4 Å². The van der Waals surface area contributed by atoms with Gasteiger partial charge in [-0.05, 0) is 34.4 Å². The average Bonchev–Trinajstić information content (AvgIpc) is 3.07. The zero-order valence-corrected chi connectivity index (χ0v) is 28.0. The van der Waals surface area contributed by atoms with Crippen LogP contribution in [0.4, 0.5) is 20.2 Å². The maximum absolute atomic E-state index is 15.5. The van der Waals surface area contributed by atoms with E-state index in [-0.39, 0.29) is 67.9 Å². The van der Waals surface area contributed by atoms with Crippen LogP contribution in [0.5, 0.6) is 11.5 Å². The van der Waals surface area contributed by atoms with E-state index in [0.29, 0.717) is 22.3 Å². The second kappa shape index (κ2) is 13.7. The van der Waals surface area contributed by atoms with Crippen molar-refractivity contribution in [3.63, 3.8) is 0 Å². The fourth-order valence-electron chi connectivity index (χ4n) is 5.51. The van der Waals surface area contributed by atoms with E-state index in [4.69, 9.17) is 13.6 Å². The number of hydrogen-bond acceptors (Lipinski definition) is 9. The predicted octanol–water partition coefficient (Wildman–Crippen LogP) is 8.76. The number of non-ortho nitro benzene ring substituents is 2. The summed E-state index contributed by atoms with van der Waals surface area (Å²) in [7, 11) is 0. The lowest BCUT2D eigenvalue weighted by atomic mass is 9.99. The number of nitrogens with zero attached hydrogens (tertiary/aromatic N) is 2. The molecule has 0 N–H and O–H groups in total. The van der Waals surface area contributed by atoms with Gasteiger partial charge in [-0.1, -0.05) is 56.1 Å². The normalized spacial score (nSPS) is 11.3. The Morgan fingerprint density at radius 1 is 0.633 bits per heavy atom. The molecule has 0 aliphatic carbocycles. The van der Waals surface area contributed by atoms with E-state index < -0.39 is 44.2 Å². The number of alkyl halides is 2. The molecular weight excluding hydrogens is 778 g/mol. The Kier molecular flexibility index (Phi) is 9.39. The first-order valence-corrected chi connectivity index (χ1v) is 16.5. The summed E-state index contributed by atoms with van der Waals surface area (Å²) in [5.41, 5.74) is 0.138. The third kappa shape index (κ3) is 6.71. The molecule has 49 heavy (non-hydrogen) atoms. The minimum Gasteiger partial charge on any atom is -0.451 e. The fraction of sp³-hybridized carbons (Fsp3) is 0.118. The van der Waals surface area contributed by atoms with Gasteiger partial charge in [-0.2, -0.15) is 0 Å². The van der Waals surface area contributed by atoms with Crippen LogP contribution >= 0.6 is 31.9 Å². The monoisotopic (exact) mass is 796 g/mol. The van der Waals surface area contributed by atoms with Crippen LogP contribution in [0.25, 0.3) is 21.9 Å². The molecule has 0 spiro atoms. The number of hydrogen-bond donors (Lipinski definition) is 0. The lowest BCUT2D eigenvalue weighted by molar-refractivity contribution is -0.385. The first-order chi connectivity index (χ1) is 23.5. The van der Waals surface area contributed by atoms with Crippen LogP contribution < -0.4 is 16.0 Å². The summed E-state index contributed by atoms with van der Waals surface area (Å²) >= 11 is 6.67. The Labute approximate surface area is 290 Å². The van der Waals surface area contributed by atoms with Crippen LogP contribution in [0.3, 0.4) is 0 Å². The zero-order valence-electron chi connectivity index (χ0n) is 24.8. The van der Waals surface area contributed by atoms with Crippen molar-refractivity contribution in [3.8, 4) is 11.5 Å². The fourth-order valence-corrected chi connectivity index (χ4v) is 6.79. The highest BCUT2D eigenvalue weighted by atomic mass is 79.9. The van der Waals surface area contributed by atoms with Crippen molar-refractivity contribution in [3.05, 3.63) is 159 Å². The van der Waals surface area contributed by atoms with Gasteiger partial charge in [-0.15, -0.1) is 0 Å². The molecule has 6 rings (SSSR count). The minimum absolute atomic E-state index is 0.0162. The van der Waals surface area contributed by atoms with Crippen molar-refractivity contribution >= 4 is 65.2 Å². The summed E-state index contributed by atoms with van der Waals surface area (Å²) in [6.07, 6.45) is -0.0325. The number of nitro benzene ring substituents is 2. The van der Waals surface area contributed by atoms with Crippen LogP contribution in [0.2, 0.25) is 0 Å². The van der Waals surface area contributed by atoms with Gasteiger partial charge in [0.15, 0.2) is 23.1 Å². The molecule has 0 fully saturated rings. The van der Waals surface area contributed by atoms with Crippen molar-refractivity contribution in [2.75, 3.05) is 0 Å². The number of ether oxygens (including phenoxy) is 1. The van der Waals surface area contributed by atoms with Gasteiger partial charge in [0, 0.05) is 81.8 Å². The van der Waals surface area contributed by atoms with Crippen LogP contribution in [-0.4, -0.2) is 9.85 Å². The Morgan fingerprint density at radius 2 is 1.04 bits per heavy atom. The minimum atomic E-state index is -0.917. The first kappa shape index (κ1) is 33.6. The molecule has 0 atom stereocenters. The smallest absolute Gasteiger partial charge is 0.340 e. The Bertz CT molecular complexity index is 2280. The third-order valence-corrected chi connectivity index (χ3v) is 8.96. The quantitative estimate of drug-likeness (QED) is 0.0572. The SMILES string of the molecule is O=c1oc2cc(Oc3cc4oc(=O)c(Cc5cccc([N+](=O)[O-])c5)c(CBr)c4cc3F)c(F)cc2c(CBr)c1Cc1cccc([N+](=O)[O-])c1. The van der Waals surface area contributed by atoms with Crippen molar-refractivity contribution in [2.45, 2.75) is 23.5 Å². The number of fused-ring (bicyclic) bond motifs is 2. The number of rotatable bonds is 10. The molecule has 0 saturated carbocycles. The summed E-state index contributed by atoms with van der Waals surface area (Å²) in [4.78, 5) is 47.5. The molecule has 2 aromatic heterocycles. The van der Waals surface area contributed by atoms with E-state index in [2.05, 4.69) is 31.9 Å². The van der Waals surface area contributed by atoms with Crippen molar-refractivity contribution in [1.82, 2.24) is 0 Å². The zero-order chi connectivity index (χ0) is 35.0. The van der Waals surface area contributed by atoms with E-state index >= 15 is 8.78 Å². The van der Waals surface area contributed by atoms with Gasteiger partial charge in [0.05, 0.1) is 9.85 Å². The summed E-state index contributed by atoms with van der Waals surface area (Å²) in [5, 5.41) is 23.1. The highest BCUT2D eigenvalue weighted by Gasteiger charge is 2.22. The molecule has 11 nitrogen and oxygen atoms in total. The van der Waals surface area contributed by atoms with Gasteiger partial charge < -0.3 is 13.6 Å². The summed E-state index contributed by atoms with van der Waals surface area (Å²) in [5.74, 6) is -2.80. The van der Waals surface area contributed by atoms with Gasteiger partial charge in [0.1, 0.15) is 11.2 Å². The van der Waals surface area contributed by atoms with E-state index in [1.165, 1.54) is 36.4 Å². The van der Waals surface area contributed by atoms with Crippen molar-refractivity contribution < 1.29 is 32.2 Å². The Hall–Kier alpha value is -5.28. The van der Waals surface area contributed by atoms with Gasteiger partial charge in [-0.3, -0.25) is 20.2 Å². The number of nitro groups is 2. The summed E-state index contributed by atoms with van der Waals surface area (Å²) < 4.78 is 47.6. The van der Waals surface area contributed by atoms with Gasteiger partial charge in [-0.25, -0.2) is 18.4 Å². The molecule has 6 aromatic rings.